The number of rotatable bonds is 6. The topological polar surface area (TPSA) is 67.2 Å². The fraction of sp³-hybridized carbons (Fsp3) is 0.375. The highest BCUT2D eigenvalue weighted by Crippen LogP contribution is 2.18. The van der Waals surface area contributed by atoms with Gasteiger partial charge in [0.05, 0.1) is 11.0 Å². The van der Waals surface area contributed by atoms with Gasteiger partial charge in [-0.25, -0.2) is 4.98 Å². The van der Waals surface area contributed by atoms with Gasteiger partial charge in [-0.15, -0.1) is 0 Å². The zero-order valence-corrected chi connectivity index (χ0v) is 17.4. The lowest BCUT2D eigenvalue weighted by molar-refractivity contribution is -0.132. The Balaban J connectivity index is 1.46. The van der Waals surface area contributed by atoms with Crippen molar-refractivity contribution in [3.05, 3.63) is 65.5 Å². The molecule has 0 unspecified atom stereocenters. The van der Waals surface area contributed by atoms with E-state index in [9.17, 15) is 9.59 Å². The molecule has 2 aromatic carbocycles. The SMILES string of the molecule is Cc1ccc(C(=O)NCCc2nc3ccccc3n2CC(=O)N2CCCCC2)cc1. The summed E-state index contributed by atoms with van der Waals surface area (Å²) in [7, 11) is 0. The molecule has 156 valence electrons. The molecule has 6 nitrogen and oxygen atoms in total. The number of fused-ring (bicyclic) bond motifs is 1. The van der Waals surface area contributed by atoms with Crippen LogP contribution in [0.3, 0.4) is 0 Å². The summed E-state index contributed by atoms with van der Waals surface area (Å²) in [6, 6.07) is 15.4. The number of nitrogens with zero attached hydrogens (tertiary/aromatic N) is 3. The second-order valence-electron chi connectivity index (χ2n) is 7.92. The summed E-state index contributed by atoms with van der Waals surface area (Å²) in [5.41, 5.74) is 3.61. The van der Waals surface area contributed by atoms with E-state index in [2.05, 4.69) is 5.32 Å². The zero-order chi connectivity index (χ0) is 20.9. The van der Waals surface area contributed by atoms with Crippen molar-refractivity contribution >= 4 is 22.8 Å². The van der Waals surface area contributed by atoms with E-state index in [0.717, 1.165) is 48.4 Å². The molecule has 4 rings (SSSR count). The Hall–Kier alpha value is -3.15. The molecule has 0 aliphatic carbocycles. The zero-order valence-electron chi connectivity index (χ0n) is 17.4. The Labute approximate surface area is 176 Å². The van der Waals surface area contributed by atoms with Crippen molar-refractivity contribution in [1.29, 1.82) is 0 Å². The van der Waals surface area contributed by atoms with Gasteiger partial charge in [0.15, 0.2) is 0 Å². The van der Waals surface area contributed by atoms with Crippen LogP contribution in [0.2, 0.25) is 0 Å². The first kappa shape index (κ1) is 20.1. The van der Waals surface area contributed by atoms with E-state index < -0.39 is 0 Å². The number of carbonyl (C=O) groups is 2. The molecule has 0 spiro atoms. The van der Waals surface area contributed by atoms with Gasteiger partial charge in [-0.2, -0.15) is 0 Å². The van der Waals surface area contributed by atoms with Crippen molar-refractivity contribution in [3.63, 3.8) is 0 Å². The number of piperidine rings is 1. The van der Waals surface area contributed by atoms with E-state index in [4.69, 9.17) is 4.98 Å². The van der Waals surface area contributed by atoms with E-state index in [-0.39, 0.29) is 11.8 Å². The summed E-state index contributed by atoms with van der Waals surface area (Å²) in [6.45, 7) is 4.44. The molecule has 2 heterocycles. The molecule has 0 radical (unpaired) electrons. The van der Waals surface area contributed by atoms with Gasteiger partial charge in [-0.1, -0.05) is 29.8 Å². The van der Waals surface area contributed by atoms with Gasteiger partial charge in [0.2, 0.25) is 5.91 Å². The van der Waals surface area contributed by atoms with Crippen LogP contribution in [0.5, 0.6) is 0 Å². The van der Waals surface area contributed by atoms with E-state index in [0.29, 0.717) is 25.1 Å². The second-order valence-corrected chi connectivity index (χ2v) is 7.92. The van der Waals surface area contributed by atoms with E-state index >= 15 is 0 Å². The molecule has 2 amide bonds. The summed E-state index contributed by atoms with van der Waals surface area (Å²) >= 11 is 0. The summed E-state index contributed by atoms with van der Waals surface area (Å²) in [4.78, 5) is 31.9. The minimum absolute atomic E-state index is 0.0953. The number of para-hydroxylation sites is 2. The van der Waals surface area contributed by atoms with Crippen LogP contribution in [-0.4, -0.2) is 45.9 Å². The molecule has 3 aromatic rings. The maximum absolute atomic E-state index is 12.9. The number of benzene rings is 2. The monoisotopic (exact) mass is 404 g/mol. The van der Waals surface area contributed by atoms with Crippen molar-refractivity contribution in [2.75, 3.05) is 19.6 Å². The minimum Gasteiger partial charge on any atom is -0.352 e. The third-order valence-electron chi connectivity index (χ3n) is 5.68. The quantitative estimate of drug-likeness (QED) is 0.685. The smallest absolute Gasteiger partial charge is 0.251 e. The second kappa shape index (κ2) is 9.11. The van der Waals surface area contributed by atoms with Gasteiger partial charge in [-0.05, 0) is 50.5 Å². The van der Waals surface area contributed by atoms with Gasteiger partial charge in [0, 0.05) is 31.6 Å². The molecule has 1 aliphatic heterocycles. The largest absolute Gasteiger partial charge is 0.352 e. The van der Waals surface area contributed by atoms with Crippen molar-refractivity contribution in [2.45, 2.75) is 39.2 Å². The molecule has 0 atom stereocenters. The molecular formula is C24H28N4O2. The van der Waals surface area contributed by atoms with Gasteiger partial charge in [-0.3, -0.25) is 9.59 Å². The first-order valence-electron chi connectivity index (χ1n) is 10.7. The standard InChI is InChI=1S/C24H28N4O2/c1-18-9-11-19(12-10-18)24(30)25-14-13-22-26-20-7-3-4-8-21(20)28(22)17-23(29)27-15-5-2-6-16-27/h3-4,7-12H,2,5-6,13-17H2,1H3,(H,25,30). The van der Waals surface area contributed by atoms with Crippen LogP contribution in [0.25, 0.3) is 11.0 Å². The van der Waals surface area contributed by atoms with Crippen LogP contribution in [0.4, 0.5) is 0 Å². The predicted octanol–water partition coefficient (Wildman–Crippen LogP) is 3.33. The lowest BCUT2D eigenvalue weighted by atomic mass is 10.1. The number of imidazole rings is 1. The Kier molecular flexibility index (Phi) is 6.12. The summed E-state index contributed by atoms with van der Waals surface area (Å²) < 4.78 is 2.00. The van der Waals surface area contributed by atoms with Crippen LogP contribution in [0.1, 0.15) is 41.0 Å². The minimum atomic E-state index is -0.0953. The number of hydrogen-bond donors (Lipinski definition) is 1. The predicted molar refractivity (Wildman–Crippen MR) is 117 cm³/mol. The van der Waals surface area contributed by atoms with E-state index in [1.54, 1.807) is 0 Å². The van der Waals surface area contributed by atoms with Crippen LogP contribution in [-0.2, 0) is 17.8 Å². The molecule has 30 heavy (non-hydrogen) atoms. The highest BCUT2D eigenvalue weighted by atomic mass is 16.2. The number of nitrogens with one attached hydrogen (secondary N) is 1. The Morgan fingerprint density at radius 2 is 1.73 bits per heavy atom. The van der Waals surface area contributed by atoms with Gasteiger partial charge < -0.3 is 14.8 Å². The molecule has 1 N–H and O–H groups in total. The lowest BCUT2D eigenvalue weighted by Crippen LogP contribution is -2.38. The molecule has 1 aromatic heterocycles. The Morgan fingerprint density at radius 1 is 1.00 bits per heavy atom. The normalized spacial score (nSPS) is 14.1. The van der Waals surface area contributed by atoms with Crippen LogP contribution >= 0.6 is 0 Å². The third-order valence-corrected chi connectivity index (χ3v) is 5.68. The number of aryl methyl sites for hydroxylation is 1. The highest BCUT2D eigenvalue weighted by molar-refractivity contribution is 5.94. The average molecular weight is 405 g/mol. The van der Waals surface area contributed by atoms with Crippen molar-refractivity contribution < 1.29 is 9.59 Å². The number of likely N-dealkylation sites (tertiary alicyclic amines) is 1. The van der Waals surface area contributed by atoms with Gasteiger partial charge >= 0.3 is 0 Å². The molecule has 1 saturated heterocycles. The fourth-order valence-corrected chi connectivity index (χ4v) is 3.97. The maximum atomic E-state index is 12.9. The Morgan fingerprint density at radius 3 is 2.50 bits per heavy atom. The molecule has 6 heteroatoms. The molecule has 0 bridgehead atoms. The van der Waals surface area contributed by atoms with E-state index in [1.807, 2.05) is 64.9 Å². The van der Waals surface area contributed by atoms with E-state index in [1.165, 1.54) is 6.42 Å². The number of aromatic nitrogens is 2. The maximum Gasteiger partial charge on any atom is 0.251 e. The molecule has 1 fully saturated rings. The lowest BCUT2D eigenvalue weighted by Gasteiger charge is -2.27. The van der Waals surface area contributed by atoms with Gasteiger partial charge in [0.25, 0.3) is 5.91 Å². The third kappa shape index (κ3) is 4.53. The first-order chi connectivity index (χ1) is 14.6. The van der Waals surface area contributed by atoms with Gasteiger partial charge in [0.1, 0.15) is 12.4 Å². The molecule has 0 saturated carbocycles. The summed E-state index contributed by atoms with van der Waals surface area (Å²) in [5.74, 6) is 0.871. The van der Waals surface area contributed by atoms with Crippen LogP contribution in [0, 0.1) is 6.92 Å². The summed E-state index contributed by atoms with van der Waals surface area (Å²) in [5, 5.41) is 2.97. The molecular weight excluding hydrogens is 376 g/mol. The average Bonchev–Trinajstić information content (AvgIpc) is 3.12. The van der Waals surface area contributed by atoms with Crippen LogP contribution < -0.4 is 5.32 Å². The first-order valence-corrected chi connectivity index (χ1v) is 10.7. The van der Waals surface area contributed by atoms with Crippen molar-refractivity contribution in [2.24, 2.45) is 0 Å². The fourth-order valence-electron chi connectivity index (χ4n) is 3.97. The number of carbonyl (C=O) groups excluding carboxylic acids is 2. The van der Waals surface area contributed by atoms with Crippen LogP contribution in [0.15, 0.2) is 48.5 Å². The molecule has 1 aliphatic rings. The summed E-state index contributed by atoms with van der Waals surface area (Å²) in [6.07, 6.45) is 3.92. The number of amides is 2. The highest BCUT2D eigenvalue weighted by Gasteiger charge is 2.20. The Bertz CT molecular complexity index is 1030. The van der Waals surface area contributed by atoms with Crippen molar-refractivity contribution in [1.82, 2.24) is 19.8 Å². The number of hydrogen-bond acceptors (Lipinski definition) is 3. The van der Waals surface area contributed by atoms with Crippen molar-refractivity contribution in [3.8, 4) is 0 Å².